The molecule has 0 bridgehead atoms. The van der Waals surface area contributed by atoms with Crippen molar-refractivity contribution in [3.63, 3.8) is 0 Å². The van der Waals surface area contributed by atoms with Crippen molar-refractivity contribution in [1.82, 2.24) is 15.1 Å². The van der Waals surface area contributed by atoms with Gasteiger partial charge in [-0.05, 0) is 26.3 Å². The molecule has 2 fully saturated rings. The zero-order chi connectivity index (χ0) is 10.1. The van der Waals surface area contributed by atoms with E-state index in [-0.39, 0.29) is 7.46 Å². The van der Waals surface area contributed by atoms with Gasteiger partial charge >= 0.3 is 6.03 Å². The van der Waals surface area contributed by atoms with Gasteiger partial charge in [-0.2, -0.15) is 0 Å². The van der Waals surface area contributed by atoms with Crippen LogP contribution in [0.3, 0.4) is 0 Å². The van der Waals surface area contributed by atoms with Crippen molar-refractivity contribution < 1.29 is 6.22 Å². The van der Waals surface area contributed by atoms with E-state index in [9.17, 15) is 4.79 Å². The van der Waals surface area contributed by atoms with E-state index in [0.29, 0.717) is 12.1 Å². The molecule has 1 N–H and O–H groups in total. The SMILES string of the molecule is C[C@H]1NCCC[C@H]1N1CCN(C)C1=O.[HH]. The van der Waals surface area contributed by atoms with E-state index < -0.39 is 0 Å². The van der Waals surface area contributed by atoms with Crippen molar-refractivity contribution in [3.05, 3.63) is 0 Å². The third kappa shape index (κ3) is 1.59. The van der Waals surface area contributed by atoms with Crippen LogP contribution in [0, 0.1) is 0 Å². The minimum absolute atomic E-state index is 0. The van der Waals surface area contributed by atoms with E-state index in [1.54, 1.807) is 4.90 Å². The van der Waals surface area contributed by atoms with Crippen LogP contribution in [0.4, 0.5) is 4.79 Å². The molecule has 0 aliphatic carbocycles. The molecule has 82 valence electrons. The van der Waals surface area contributed by atoms with Crippen LogP contribution >= 0.6 is 0 Å². The number of urea groups is 1. The first-order valence-electron chi connectivity index (χ1n) is 5.45. The molecule has 0 aromatic heterocycles. The predicted molar refractivity (Wildman–Crippen MR) is 57.3 cm³/mol. The Morgan fingerprint density at radius 1 is 1.50 bits per heavy atom. The van der Waals surface area contributed by atoms with Gasteiger partial charge in [-0.1, -0.05) is 0 Å². The summed E-state index contributed by atoms with van der Waals surface area (Å²) in [6.45, 7) is 5.04. The van der Waals surface area contributed by atoms with Crippen molar-refractivity contribution in [1.29, 1.82) is 0 Å². The number of likely N-dealkylation sites (N-methyl/N-ethyl adjacent to an activating group) is 1. The maximum Gasteiger partial charge on any atom is 0.320 e. The average molecular weight is 199 g/mol. The Hall–Kier alpha value is -0.770. The summed E-state index contributed by atoms with van der Waals surface area (Å²) in [5.41, 5.74) is 0. The summed E-state index contributed by atoms with van der Waals surface area (Å²) in [5, 5.41) is 3.43. The molecule has 2 heterocycles. The molecular formula is C10H21N3O. The first-order chi connectivity index (χ1) is 6.70. The number of hydrogen-bond acceptors (Lipinski definition) is 2. The Kier molecular flexibility index (Phi) is 2.63. The van der Waals surface area contributed by atoms with Gasteiger partial charge in [0, 0.05) is 33.6 Å². The van der Waals surface area contributed by atoms with Gasteiger partial charge in [-0.25, -0.2) is 4.79 Å². The highest BCUT2D eigenvalue weighted by Gasteiger charge is 2.35. The van der Waals surface area contributed by atoms with Crippen LogP contribution in [0.1, 0.15) is 21.2 Å². The molecule has 14 heavy (non-hydrogen) atoms. The van der Waals surface area contributed by atoms with Crippen LogP contribution in [-0.2, 0) is 0 Å². The molecule has 0 unspecified atom stereocenters. The lowest BCUT2D eigenvalue weighted by atomic mass is 9.98. The van der Waals surface area contributed by atoms with Crippen LogP contribution in [0.2, 0.25) is 0 Å². The van der Waals surface area contributed by atoms with Gasteiger partial charge in [0.05, 0.1) is 0 Å². The number of rotatable bonds is 1. The fourth-order valence-corrected chi connectivity index (χ4v) is 2.43. The zero-order valence-corrected chi connectivity index (χ0v) is 8.99. The highest BCUT2D eigenvalue weighted by molar-refractivity contribution is 5.76. The Morgan fingerprint density at radius 3 is 2.86 bits per heavy atom. The minimum Gasteiger partial charge on any atom is -0.326 e. The van der Waals surface area contributed by atoms with Gasteiger partial charge < -0.3 is 15.1 Å². The van der Waals surface area contributed by atoms with Gasteiger partial charge in [0.25, 0.3) is 0 Å². The molecule has 2 aliphatic heterocycles. The summed E-state index contributed by atoms with van der Waals surface area (Å²) in [6, 6.07) is 1.05. The van der Waals surface area contributed by atoms with Crippen LogP contribution in [-0.4, -0.2) is 54.6 Å². The number of carbonyl (C=O) groups is 1. The highest BCUT2D eigenvalue weighted by Crippen LogP contribution is 2.19. The lowest BCUT2D eigenvalue weighted by Gasteiger charge is -2.36. The summed E-state index contributed by atoms with van der Waals surface area (Å²) >= 11 is 0. The fourth-order valence-electron chi connectivity index (χ4n) is 2.43. The van der Waals surface area contributed by atoms with E-state index >= 15 is 0 Å². The molecule has 2 saturated heterocycles. The van der Waals surface area contributed by atoms with Gasteiger partial charge in [0.2, 0.25) is 0 Å². The first kappa shape index (κ1) is 9.77. The lowest BCUT2D eigenvalue weighted by Crippen LogP contribution is -2.53. The number of amides is 2. The maximum absolute atomic E-state index is 11.8. The number of piperidine rings is 1. The second-order valence-corrected chi connectivity index (χ2v) is 4.35. The van der Waals surface area contributed by atoms with Crippen LogP contribution in [0.5, 0.6) is 0 Å². The number of carbonyl (C=O) groups excluding carboxylic acids is 1. The summed E-state index contributed by atoms with van der Waals surface area (Å²) < 4.78 is 0. The van der Waals surface area contributed by atoms with E-state index in [1.165, 1.54) is 6.42 Å². The normalized spacial score (nSPS) is 34.0. The zero-order valence-electron chi connectivity index (χ0n) is 8.99. The van der Waals surface area contributed by atoms with Gasteiger partial charge in [-0.15, -0.1) is 0 Å². The predicted octanol–water partition coefficient (Wildman–Crippen LogP) is 0.740. The quantitative estimate of drug-likeness (QED) is 0.676. The second kappa shape index (κ2) is 3.77. The van der Waals surface area contributed by atoms with Crippen molar-refractivity contribution in [2.45, 2.75) is 31.8 Å². The molecule has 4 heteroatoms. The summed E-state index contributed by atoms with van der Waals surface area (Å²) in [7, 11) is 1.88. The van der Waals surface area contributed by atoms with E-state index in [0.717, 1.165) is 26.1 Å². The van der Waals surface area contributed by atoms with E-state index in [2.05, 4.69) is 12.2 Å². The monoisotopic (exact) mass is 199 g/mol. The molecule has 2 amide bonds. The molecule has 2 aliphatic rings. The molecular weight excluding hydrogens is 178 g/mol. The number of hydrogen-bond donors (Lipinski definition) is 1. The third-order valence-corrected chi connectivity index (χ3v) is 3.37. The van der Waals surface area contributed by atoms with Crippen LogP contribution in [0.25, 0.3) is 0 Å². The smallest absolute Gasteiger partial charge is 0.320 e. The molecule has 0 spiro atoms. The van der Waals surface area contributed by atoms with Crippen molar-refractivity contribution >= 4 is 6.03 Å². The Labute approximate surface area is 86.7 Å². The third-order valence-electron chi connectivity index (χ3n) is 3.37. The fraction of sp³-hybridized carbons (Fsp3) is 0.900. The van der Waals surface area contributed by atoms with Crippen molar-refractivity contribution in [2.75, 3.05) is 26.7 Å². The summed E-state index contributed by atoms with van der Waals surface area (Å²) in [4.78, 5) is 15.6. The van der Waals surface area contributed by atoms with Crippen LogP contribution in [0.15, 0.2) is 0 Å². The molecule has 0 aromatic rings. The Morgan fingerprint density at radius 2 is 2.29 bits per heavy atom. The van der Waals surface area contributed by atoms with Gasteiger partial charge in [0.1, 0.15) is 0 Å². The summed E-state index contributed by atoms with van der Waals surface area (Å²) in [6.07, 6.45) is 2.33. The first-order valence-corrected chi connectivity index (χ1v) is 5.45. The van der Waals surface area contributed by atoms with Crippen molar-refractivity contribution in [3.8, 4) is 0 Å². The Balaban J connectivity index is 0.00000112. The van der Waals surface area contributed by atoms with Gasteiger partial charge in [-0.3, -0.25) is 0 Å². The van der Waals surface area contributed by atoms with E-state index in [4.69, 9.17) is 0 Å². The maximum atomic E-state index is 11.8. The molecule has 2 rings (SSSR count). The molecule has 0 radical (unpaired) electrons. The lowest BCUT2D eigenvalue weighted by molar-refractivity contribution is 0.155. The van der Waals surface area contributed by atoms with Crippen molar-refractivity contribution in [2.24, 2.45) is 0 Å². The molecule has 0 saturated carbocycles. The van der Waals surface area contributed by atoms with E-state index in [1.807, 2.05) is 11.9 Å². The largest absolute Gasteiger partial charge is 0.326 e. The highest BCUT2D eigenvalue weighted by atomic mass is 16.2. The number of nitrogens with zero attached hydrogens (tertiary/aromatic N) is 2. The molecule has 2 atom stereocenters. The average Bonchev–Trinajstić information content (AvgIpc) is 2.49. The van der Waals surface area contributed by atoms with Gasteiger partial charge in [0.15, 0.2) is 0 Å². The van der Waals surface area contributed by atoms with Crippen LogP contribution < -0.4 is 5.32 Å². The summed E-state index contributed by atoms with van der Waals surface area (Å²) in [5.74, 6) is 0. The molecule has 0 aromatic carbocycles. The standard InChI is InChI=1S/C10H19N3O.H2/c1-8-9(4-3-5-11-8)13-7-6-12(2)10(13)14;/h8-9,11H,3-7H2,1-2H3;1H/t8-,9-;/m1./s1. The molecule has 4 nitrogen and oxygen atoms in total. The second-order valence-electron chi connectivity index (χ2n) is 4.35. The topological polar surface area (TPSA) is 35.6 Å². The number of nitrogens with one attached hydrogen (secondary N) is 1. The minimum atomic E-state index is 0. The Bertz CT molecular complexity index is 237.